The Morgan fingerprint density at radius 2 is 1.86 bits per heavy atom. The molecule has 2 aliphatic rings. The van der Waals surface area contributed by atoms with Gasteiger partial charge in [-0.3, -0.25) is 0 Å². The minimum atomic E-state index is -0.267. The van der Waals surface area contributed by atoms with E-state index in [1.54, 1.807) is 12.1 Å². The molecular weight excluding hydrogens is 264 g/mol. The molecule has 0 amide bonds. The molecule has 0 radical (unpaired) electrons. The molecule has 21 heavy (non-hydrogen) atoms. The summed E-state index contributed by atoms with van der Waals surface area (Å²) in [6.07, 6.45) is 9.56. The highest BCUT2D eigenvalue weighted by atomic mass is 16.5. The van der Waals surface area contributed by atoms with Gasteiger partial charge in [-0.1, -0.05) is 19.3 Å². The van der Waals surface area contributed by atoms with Crippen LogP contribution in [0, 0.1) is 5.41 Å². The molecule has 3 rings (SSSR count). The topological polar surface area (TPSA) is 35.5 Å². The first kappa shape index (κ1) is 14.4. The summed E-state index contributed by atoms with van der Waals surface area (Å²) in [7, 11) is 0. The van der Waals surface area contributed by atoms with Crippen LogP contribution in [0.4, 0.5) is 0 Å². The second kappa shape index (κ2) is 6.08. The SMILES string of the molecule is CCOC(=O)c1ccc(OC2CCC23CCCCC3)cc1. The van der Waals surface area contributed by atoms with E-state index in [1.807, 2.05) is 19.1 Å². The van der Waals surface area contributed by atoms with Gasteiger partial charge in [-0.2, -0.15) is 0 Å². The lowest BCUT2D eigenvalue weighted by Gasteiger charge is -2.51. The van der Waals surface area contributed by atoms with Crippen LogP contribution in [0.5, 0.6) is 5.75 Å². The van der Waals surface area contributed by atoms with Gasteiger partial charge >= 0.3 is 5.97 Å². The zero-order chi connectivity index (χ0) is 14.7. The Labute approximate surface area is 126 Å². The lowest BCUT2D eigenvalue weighted by molar-refractivity contribution is -0.0703. The third kappa shape index (κ3) is 2.92. The smallest absolute Gasteiger partial charge is 0.338 e. The van der Waals surface area contributed by atoms with Crippen molar-refractivity contribution in [3.63, 3.8) is 0 Å². The second-order valence-electron chi connectivity index (χ2n) is 6.31. The maximum atomic E-state index is 11.6. The molecule has 2 aliphatic carbocycles. The van der Waals surface area contributed by atoms with Gasteiger partial charge in [0.05, 0.1) is 12.2 Å². The highest BCUT2D eigenvalue weighted by Gasteiger charge is 2.48. The molecule has 0 bridgehead atoms. The summed E-state index contributed by atoms with van der Waals surface area (Å²) in [5, 5.41) is 0. The first-order valence-corrected chi connectivity index (χ1v) is 8.17. The molecule has 1 aromatic carbocycles. The van der Waals surface area contributed by atoms with E-state index in [4.69, 9.17) is 9.47 Å². The van der Waals surface area contributed by atoms with Crippen LogP contribution in [0.3, 0.4) is 0 Å². The van der Waals surface area contributed by atoms with Crippen molar-refractivity contribution in [1.82, 2.24) is 0 Å². The summed E-state index contributed by atoms with van der Waals surface area (Å²) in [4.78, 5) is 11.6. The van der Waals surface area contributed by atoms with E-state index in [2.05, 4.69) is 0 Å². The molecule has 1 atom stereocenters. The normalized spacial score (nSPS) is 23.4. The molecule has 0 N–H and O–H groups in total. The van der Waals surface area contributed by atoms with Crippen LogP contribution in [0.15, 0.2) is 24.3 Å². The van der Waals surface area contributed by atoms with Crippen LogP contribution in [-0.4, -0.2) is 18.7 Å². The lowest BCUT2D eigenvalue weighted by Crippen LogP contribution is -2.49. The summed E-state index contributed by atoms with van der Waals surface area (Å²) < 4.78 is 11.2. The molecule has 3 heteroatoms. The van der Waals surface area contributed by atoms with Crippen molar-refractivity contribution in [2.75, 3.05) is 6.61 Å². The second-order valence-corrected chi connectivity index (χ2v) is 6.31. The summed E-state index contributed by atoms with van der Waals surface area (Å²) in [6, 6.07) is 7.36. The Hall–Kier alpha value is -1.51. The first-order valence-electron chi connectivity index (χ1n) is 8.17. The maximum Gasteiger partial charge on any atom is 0.338 e. The zero-order valence-corrected chi connectivity index (χ0v) is 12.8. The van der Waals surface area contributed by atoms with Crippen LogP contribution < -0.4 is 4.74 Å². The number of carbonyl (C=O) groups excluding carboxylic acids is 1. The fourth-order valence-corrected chi connectivity index (χ4v) is 3.73. The quantitative estimate of drug-likeness (QED) is 0.772. The van der Waals surface area contributed by atoms with Gasteiger partial charge in [-0.25, -0.2) is 4.79 Å². The standard InChI is InChI=1S/C18H24O3/c1-2-20-17(19)14-6-8-15(9-7-14)21-16-10-13-18(16)11-4-3-5-12-18/h6-9,16H,2-5,10-13H2,1H3. The molecule has 2 saturated carbocycles. The van der Waals surface area contributed by atoms with Crippen LogP contribution in [0.25, 0.3) is 0 Å². The molecule has 1 aromatic rings. The summed E-state index contributed by atoms with van der Waals surface area (Å²) >= 11 is 0. The number of esters is 1. The van der Waals surface area contributed by atoms with Gasteiger partial charge in [0.2, 0.25) is 0 Å². The summed E-state index contributed by atoms with van der Waals surface area (Å²) in [6.45, 7) is 2.22. The Bertz CT molecular complexity index is 486. The van der Waals surface area contributed by atoms with Crippen LogP contribution in [0.2, 0.25) is 0 Å². The molecule has 114 valence electrons. The highest BCUT2D eigenvalue weighted by molar-refractivity contribution is 5.89. The Balaban J connectivity index is 1.62. The largest absolute Gasteiger partial charge is 0.490 e. The predicted octanol–water partition coefficient (Wildman–Crippen LogP) is 4.36. The molecule has 0 saturated heterocycles. The maximum absolute atomic E-state index is 11.6. The summed E-state index contributed by atoms with van der Waals surface area (Å²) in [5.41, 5.74) is 1.03. The summed E-state index contributed by atoms with van der Waals surface area (Å²) in [5.74, 6) is 0.606. The number of ether oxygens (including phenoxy) is 2. The molecule has 0 heterocycles. The van der Waals surface area contributed by atoms with Gasteiger partial charge in [0.25, 0.3) is 0 Å². The third-order valence-corrected chi connectivity index (χ3v) is 5.08. The van der Waals surface area contributed by atoms with Gasteiger partial charge in [0, 0.05) is 5.41 Å². The first-order chi connectivity index (χ1) is 10.2. The molecule has 0 aliphatic heterocycles. The molecule has 3 nitrogen and oxygen atoms in total. The van der Waals surface area contributed by atoms with E-state index in [9.17, 15) is 4.79 Å². The van der Waals surface area contributed by atoms with E-state index in [0.717, 1.165) is 5.75 Å². The van der Waals surface area contributed by atoms with Gasteiger partial charge in [-0.05, 0) is 56.9 Å². The Morgan fingerprint density at radius 1 is 1.14 bits per heavy atom. The zero-order valence-electron chi connectivity index (χ0n) is 12.8. The van der Waals surface area contributed by atoms with Crippen molar-refractivity contribution in [1.29, 1.82) is 0 Å². The molecular formula is C18H24O3. The van der Waals surface area contributed by atoms with Crippen LogP contribution >= 0.6 is 0 Å². The molecule has 0 aromatic heterocycles. The van der Waals surface area contributed by atoms with Gasteiger partial charge in [-0.15, -0.1) is 0 Å². The number of hydrogen-bond acceptors (Lipinski definition) is 3. The van der Waals surface area contributed by atoms with Gasteiger partial charge in [0.15, 0.2) is 0 Å². The van der Waals surface area contributed by atoms with Crippen LogP contribution in [-0.2, 0) is 4.74 Å². The van der Waals surface area contributed by atoms with E-state index in [1.165, 1.54) is 44.9 Å². The van der Waals surface area contributed by atoms with Crippen LogP contribution in [0.1, 0.15) is 62.2 Å². The molecule has 2 fully saturated rings. The number of rotatable bonds is 4. The van der Waals surface area contributed by atoms with Gasteiger partial charge in [0.1, 0.15) is 11.9 Å². The van der Waals surface area contributed by atoms with Crippen molar-refractivity contribution in [3.8, 4) is 5.75 Å². The van der Waals surface area contributed by atoms with E-state index in [-0.39, 0.29) is 5.97 Å². The molecule has 1 unspecified atom stereocenters. The van der Waals surface area contributed by atoms with E-state index >= 15 is 0 Å². The van der Waals surface area contributed by atoms with E-state index in [0.29, 0.717) is 23.7 Å². The van der Waals surface area contributed by atoms with E-state index < -0.39 is 0 Å². The van der Waals surface area contributed by atoms with Crippen molar-refractivity contribution in [3.05, 3.63) is 29.8 Å². The van der Waals surface area contributed by atoms with Crippen molar-refractivity contribution < 1.29 is 14.3 Å². The predicted molar refractivity (Wildman–Crippen MR) is 81.6 cm³/mol. The Kier molecular flexibility index (Phi) is 4.18. The fraction of sp³-hybridized carbons (Fsp3) is 0.611. The average Bonchev–Trinajstić information content (AvgIpc) is 2.53. The van der Waals surface area contributed by atoms with Crippen molar-refractivity contribution >= 4 is 5.97 Å². The van der Waals surface area contributed by atoms with Crippen molar-refractivity contribution in [2.24, 2.45) is 5.41 Å². The number of carbonyl (C=O) groups is 1. The van der Waals surface area contributed by atoms with Crippen molar-refractivity contribution in [2.45, 2.75) is 58.0 Å². The molecule has 1 spiro atoms. The number of hydrogen-bond donors (Lipinski definition) is 0. The monoisotopic (exact) mass is 288 g/mol. The third-order valence-electron chi connectivity index (χ3n) is 5.08. The van der Waals surface area contributed by atoms with Gasteiger partial charge < -0.3 is 9.47 Å². The lowest BCUT2D eigenvalue weighted by atomic mass is 9.58. The average molecular weight is 288 g/mol. The Morgan fingerprint density at radius 3 is 2.43 bits per heavy atom. The highest BCUT2D eigenvalue weighted by Crippen LogP contribution is 2.53. The fourth-order valence-electron chi connectivity index (χ4n) is 3.73. The minimum absolute atomic E-state index is 0.267. The number of benzene rings is 1. The minimum Gasteiger partial charge on any atom is -0.490 e.